The van der Waals surface area contributed by atoms with Crippen LogP contribution >= 0.6 is 0 Å². The molecule has 0 amide bonds. The molecule has 2 aliphatic rings. The van der Waals surface area contributed by atoms with Crippen molar-refractivity contribution in [2.45, 2.75) is 61.4 Å². The van der Waals surface area contributed by atoms with Crippen molar-refractivity contribution in [1.29, 1.82) is 0 Å². The average Bonchev–Trinajstić information content (AvgIpc) is 2.54. The monoisotopic (exact) mass is 342 g/mol. The molecule has 2 aliphatic heterocycles. The van der Waals surface area contributed by atoms with Crippen LogP contribution in [0.15, 0.2) is 0 Å². The SMILES string of the molecule is OC[C@H]1OC(OC[C@H]2O[C@H](O)[C@H](O)[C@@H](O)[C@H]2O)[C@H](O)[C@@H](O)[C@H]1O. The first kappa shape index (κ1) is 18.9. The van der Waals surface area contributed by atoms with Gasteiger partial charge in [0.15, 0.2) is 12.6 Å². The Kier molecular flexibility index (Phi) is 6.27. The Morgan fingerprint density at radius 1 is 0.652 bits per heavy atom. The van der Waals surface area contributed by atoms with E-state index in [9.17, 15) is 35.7 Å². The Morgan fingerprint density at radius 3 is 1.83 bits per heavy atom. The quantitative estimate of drug-likeness (QED) is 0.243. The molecule has 0 aromatic carbocycles. The minimum Gasteiger partial charge on any atom is -0.394 e. The molecule has 23 heavy (non-hydrogen) atoms. The van der Waals surface area contributed by atoms with Gasteiger partial charge in [-0.15, -0.1) is 0 Å². The smallest absolute Gasteiger partial charge is 0.186 e. The molecule has 0 spiro atoms. The van der Waals surface area contributed by atoms with Crippen LogP contribution in [0, 0.1) is 0 Å². The summed E-state index contributed by atoms with van der Waals surface area (Å²) in [5, 5.41) is 76.1. The Hall–Kier alpha value is -0.440. The van der Waals surface area contributed by atoms with Gasteiger partial charge in [-0.05, 0) is 0 Å². The van der Waals surface area contributed by atoms with E-state index in [0.29, 0.717) is 0 Å². The van der Waals surface area contributed by atoms with E-state index in [0.717, 1.165) is 0 Å². The van der Waals surface area contributed by atoms with Crippen LogP contribution in [-0.4, -0.2) is 115 Å². The summed E-state index contributed by atoms with van der Waals surface area (Å²) in [6, 6.07) is 0. The third-order valence-electron chi connectivity index (χ3n) is 3.96. The molecule has 11 nitrogen and oxygen atoms in total. The number of rotatable bonds is 4. The number of aliphatic hydroxyl groups excluding tert-OH is 8. The molecule has 2 rings (SSSR count). The van der Waals surface area contributed by atoms with Crippen molar-refractivity contribution in [1.82, 2.24) is 0 Å². The number of aliphatic hydroxyl groups is 8. The second kappa shape index (κ2) is 7.63. The topological polar surface area (TPSA) is 190 Å². The third-order valence-corrected chi connectivity index (χ3v) is 3.96. The summed E-state index contributed by atoms with van der Waals surface area (Å²) in [6.07, 6.45) is -15.3. The molecule has 0 aromatic heterocycles. The van der Waals surface area contributed by atoms with E-state index in [2.05, 4.69) is 0 Å². The molecule has 2 fully saturated rings. The minimum absolute atomic E-state index is 0.468. The van der Waals surface area contributed by atoms with E-state index in [4.69, 9.17) is 19.3 Å². The largest absolute Gasteiger partial charge is 0.394 e. The molecule has 0 aliphatic carbocycles. The van der Waals surface area contributed by atoms with E-state index in [1.807, 2.05) is 0 Å². The zero-order valence-electron chi connectivity index (χ0n) is 12.0. The van der Waals surface area contributed by atoms with Gasteiger partial charge in [-0.3, -0.25) is 0 Å². The highest BCUT2D eigenvalue weighted by Crippen LogP contribution is 2.24. The number of ether oxygens (including phenoxy) is 3. The lowest BCUT2D eigenvalue weighted by Crippen LogP contribution is -2.61. The minimum atomic E-state index is -1.74. The molecule has 0 aromatic rings. The van der Waals surface area contributed by atoms with Crippen molar-refractivity contribution in [2.75, 3.05) is 13.2 Å². The van der Waals surface area contributed by atoms with Gasteiger partial charge >= 0.3 is 0 Å². The Labute approximate surface area is 130 Å². The van der Waals surface area contributed by atoms with Crippen LogP contribution in [0.3, 0.4) is 0 Å². The van der Waals surface area contributed by atoms with Gasteiger partial charge in [-0.1, -0.05) is 0 Å². The van der Waals surface area contributed by atoms with Crippen LogP contribution in [-0.2, 0) is 14.2 Å². The van der Waals surface area contributed by atoms with Gasteiger partial charge in [0.05, 0.1) is 13.2 Å². The molecule has 136 valence electrons. The predicted molar refractivity (Wildman–Crippen MR) is 68.6 cm³/mol. The molecule has 11 heteroatoms. The van der Waals surface area contributed by atoms with Gasteiger partial charge in [0.1, 0.15) is 48.8 Å². The molecule has 0 radical (unpaired) electrons. The molecule has 8 N–H and O–H groups in total. The summed E-state index contributed by atoms with van der Waals surface area (Å²) in [7, 11) is 0. The fourth-order valence-electron chi connectivity index (χ4n) is 2.46. The van der Waals surface area contributed by atoms with Crippen molar-refractivity contribution >= 4 is 0 Å². The van der Waals surface area contributed by atoms with Gasteiger partial charge in [0.2, 0.25) is 0 Å². The predicted octanol–water partition coefficient (Wildman–Crippen LogP) is -5.40. The lowest BCUT2D eigenvalue weighted by Gasteiger charge is -2.41. The standard InChI is InChI=1S/C12H22O11/c13-1-3-5(14)8(17)10(19)12(23-3)21-2-4-6(15)7(16)9(18)11(20)22-4/h3-20H,1-2H2/t3-,4-,5+,6+,7+,8+,9-,10-,11+,12?/m1/s1. The van der Waals surface area contributed by atoms with E-state index < -0.39 is 74.6 Å². The van der Waals surface area contributed by atoms with E-state index in [1.165, 1.54) is 0 Å². The molecule has 2 heterocycles. The van der Waals surface area contributed by atoms with Gasteiger partial charge in [0.25, 0.3) is 0 Å². The second-order valence-electron chi connectivity index (χ2n) is 5.57. The van der Waals surface area contributed by atoms with Crippen LogP contribution in [0.2, 0.25) is 0 Å². The van der Waals surface area contributed by atoms with Crippen molar-refractivity contribution in [2.24, 2.45) is 0 Å². The second-order valence-corrected chi connectivity index (χ2v) is 5.57. The van der Waals surface area contributed by atoms with Crippen molar-refractivity contribution in [3.63, 3.8) is 0 Å². The number of hydrogen-bond donors (Lipinski definition) is 8. The highest BCUT2D eigenvalue weighted by atomic mass is 16.7. The maximum atomic E-state index is 9.78. The fourth-order valence-corrected chi connectivity index (χ4v) is 2.46. The fraction of sp³-hybridized carbons (Fsp3) is 1.00. The van der Waals surface area contributed by atoms with Gasteiger partial charge in [-0.25, -0.2) is 0 Å². The zero-order chi connectivity index (χ0) is 17.3. The van der Waals surface area contributed by atoms with Gasteiger partial charge < -0.3 is 55.1 Å². The molecule has 0 bridgehead atoms. The summed E-state index contributed by atoms with van der Waals surface area (Å²) in [6.45, 7) is -1.10. The maximum absolute atomic E-state index is 9.78. The van der Waals surface area contributed by atoms with Crippen molar-refractivity contribution < 1.29 is 55.1 Å². The van der Waals surface area contributed by atoms with Crippen LogP contribution in [0.4, 0.5) is 0 Å². The normalized spacial score (nSPS) is 51.7. The third kappa shape index (κ3) is 3.81. The maximum Gasteiger partial charge on any atom is 0.186 e. The zero-order valence-corrected chi connectivity index (χ0v) is 12.0. The molecular weight excluding hydrogens is 320 g/mol. The summed E-state index contributed by atoms with van der Waals surface area (Å²) < 4.78 is 15.1. The molecule has 1 unspecified atom stereocenters. The van der Waals surface area contributed by atoms with Crippen molar-refractivity contribution in [3.05, 3.63) is 0 Å². The Bertz CT molecular complexity index is 380. The molecule has 2 saturated heterocycles. The van der Waals surface area contributed by atoms with E-state index >= 15 is 0 Å². The molecule has 0 saturated carbocycles. The highest BCUT2D eigenvalue weighted by molar-refractivity contribution is 4.91. The van der Waals surface area contributed by atoms with Gasteiger partial charge in [-0.2, -0.15) is 0 Å². The Balaban J connectivity index is 1.94. The first-order chi connectivity index (χ1) is 10.8. The lowest BCUT2D eigenvalue weighted by molar-refractivity contribution is -0.325. The van der Waals surface area contributed by atoms with E-state index in [-0.39, 0.29) is 0 Å². The first-order valence-electron chi connectivity index (χ1n) is 7.07. The summed E-state index contributed by atoms with van der Waals surface area (Å²) in [5.41, 5.74) is 0. The van der Waals surface area contributed by atoms with Crippen LogP contribution in [0.1, 0.15) is 0 Å². The van der Waals surface area contributed by atoms with E-state index in [1.54, 1.807) is 0 Å². The van der Waals surface area contributed by atoms with Crippen molar-refractivity contribution in [3.8, 4) is 0 Å². The lowest BCUT2D eigenvalue weighted by atomic mass is 9.98. The first-order valence-corrected chi connectivity index (χ1v) is 7.07. The van der Waals surface area contributed by atoms with Crippen LogP contribution < -0.4 is 0 Å². The van der Waals surface area contributed by atoms with Crippen LogP contribution in [0.5, 0.6) is 0 Å². The summed E-state index contributed by atoms with van der Waals surface area (Å²) in [5.74, 6) is 0. The Morgan fingerprint density at radius 2 is 1.22 bits per heavy atom. The number of hydrogen-bond acceptors (Lipinski definition) is 11. The van der Waals surface area contributed by atoms with Crippen LogP contribution in [0.25, 0.3) is 0 Å². The average molecular weight is 342 g/mol. The summed E-state index contributed by atoms with van der Waals surface area (Å²) >= 11 is 0. The molecular formula is C12H22O11. The summed E-state index contributed by atoms with van der Waals surface area (Å²) in [4.78, 5) is 0. The highest BCUT2D eigenvalue weighted by Gasteiger charge is 2.46. The van der Waals surface area contributed by atoms with Gasteiger partial charge in [0, 0.05) is 0 Å². The molecule has 10 atom stereocenters.